The summed E-state index contributed by atoms with van der Waals surface area (Å²) in [5.41, 5.74) is 0.123. The number of furan rings is 1. The predicted molar refractivity (Wildman–Crippen MR) is 85.6 cm³/mol. The lowest BCUT2D eigenvalue weighted by molar-refractivity contribution is -0.121. The van der Waals surface area contributed by atoms with Gasteiger partial charge in [0.05, 0.1) is 6.54 Å². The van der Waals surface area contributed by atoms with Crippen LogP contribution < -0.4 is 5.32 Å². The molecule has 0 radical (unpaired) electrons. The molecular weight excluding hydrogens is 278 g/mol. The third kappa shape index (κ3) is 3.20. The molecule has 2 fully saturated rings. The SMILES string of the molecule is CCc1ccc(CN2CCN(C)C3(CCNC(=O)CC3)C2)o1. The maximum atomic E-state index is 11.7. The second-order valence-corrected chi connectivity index (χ2v) is 6.68. The lowest BCUT2D eigenvalue weighted by Gasteiger charge is -2.49. The maximum Gasteiger partial charge on any atom is 0.220 e. The monoisotopic (exact) mass is 305 g/mol. The summed E-state index contributed by atoms with van der Waals surface area (Å²) in [4.78, 5) is 16.6. The van der Waals surface area contributed by atoms with Gasteiger partial charge in [-0.1, -0.05) is 6.92 Å². The van der Waals surface area contributed by atoms with E-state index in [1.807, 2.05) is 0 Å². The fourth-order valence-corrected chi connectivity index (χ4v) is 3.73. The molecule has 1 atom stereocenters. The number of carbonyl (C=O) groups excluding carboxylic acids is 1. The molecule has 1 aromatic rings. The van der Waals surface area contributed by atoms with Crippen molar-refractivity contribution in [1.29, 1.82) is 0 Å². The third-order valence-corrected chi connectivity index (χ3v) is 5.25. The first-order valence-electron chi connectivity index (χ1n) is 8.39. The summed E-state index contributed by atoms with van der Waals surface area (Å²) in [7, 11) is 2.20. The van der Waals surface area contributed by atoms with E-state index in [4.69, 9.17) is 4.42 Å². The zero-order chi connectivity index (χ0) is 15.6. The van der Waals surface area contributed by atoms with Crippen molar-refractivity contribution in [2.24, 2.45) is 0 Å². The molecule has 22 heavy (non-hydrogen) atoms. The number of aryl methyl sites for hydroxylation is 1. The molecule has 1 aromatic heterocycles. The Morgan fingerprint density at radius 2 is 2.09 bits per heavy atom. The Morgan fingerprint density at radius 3 is 2.86 bits per heavy atom. The van der Waals surface area contributed by atoms with Gasteiger partial charge in [-0.3, -0.25) is 14.6 Å². The Hall–Kier alpha value is -1.33. The second-order valence-electron chi connectivity index (χ2n) is 6.68. The van der Waals surface area contributed by atoms with E-state index in [9.17, 15) is 4.79 Å². The minimum absolute atomic E-state index is 0.123. The fourth-order valence-electron chi connectivity index (χ4n) is 3.73. The van der Waals surface area contributed by atoms with Crippen molar-refractivity contribution in [1.82, 2.24) is 15.1 Å². The van der Waals surface area contributed by atoms with Crippen molar-refractivity contribution in [3.8, 4) is 0 Å². The molecule has 2 saturated heterocycles. The standard InChI is InChI=1S/C17H27N3O2/c1-3-14-4-5-15(22-14)12-20-11-10-19(2)17(13-20)7-6-16(21)18-9-8-17/h4-5H,3,6-13H2,1-2H3,(H,18,21). The summed E-state index contributed by atoms with van der Waals surface area (Å²) >= 11 is 0. The number of hydrogen-bond acceptors (Lipinski definition) is 4. The first-order chi connectivity index (χ1) is 10.6. The Labute approximate surface area is 132 Å². The molecule has 3 heterocycles. The van der Waals surface area contributed by atoms with Gasteiger partial charge < -0.3 is 9.73 Å². The zero-order valence-electron chi connectivity index (χ0n) is 13.7. The molecule has 1 amide bonds. The average molecular weight is 305 g/mol. The minimum atomic E-state index is 0.123. The van der Waals surface area contributed by atoms with E-state index in [1.165, 1.54) is 0 Å². The molecule has 0 saturated carbocycles. The largest absolute Gasteiger partial charge is 0.465 e. The first-order valence-corrected chi connectivity index (χ1v) is 8.39. The van der Waals surface area contributed by atoms with Crippen LogP contribution in [0.5, 0.6) is 0 Å². The normalized spacial score (nSPS) is 27.8. The lowest BCUT2D eigenvalue weighted by atomic mass is 9.86. The molecule has 1 spiro atoms. The van der Waals surface area contributed by atoms with Crippen LogP contribution in [0.1, 0.15) is 37.7 Å². The topological polar surface area (TPSA) is 48.7 Å². The summed E-state index contributed by atoms with van der Waals surface area (Å²) in [6.45, 7) is 6.90. The molecule has 2 aliphatic rings. The molecule has 0 aliphatic carbocycles. The number of rotatable bonds is 3. The Balaban J connectivity index is 1.68. The van der Waals surface area contributed by atoms with Gasteiger partial charge >= 0.3 is 0 Å². The summed E-state index contributed by atoms with van der Waals surface area (Å²) < 4.78 is 5.86. The Bertz CT molecular complexity index is 528. The smallest absolute Gasteiger partial charge is 0.220 e. The highest BCUT2D eigenvalue weighted by Crippen LogP contribution is 2.31. The summed E-state index contributed by atoms with van der Waals surface area (Å²) in [6, 6.07) is 4.18. The minimum Gasteiger partial charge on any atom is -0.465 e. The van der Waals surface area contributed by atoms with Crippen LogP contribution in [0.25, 0.3) is 0 Å². The highest BCUT2D eigenvalue weighted by Gasteiger charge is 2.40. The van der Waals surface area contributed by atoms with Crippen LogP contribution in [0.15, 0.2) is 16.5 Å². The van der Waals surface area contributed by atoms with Gasteiger partial charge in [0.25, 0.3) is 0 Å². The average Bonchev–Trinajstić information content (AvgIpc) is 2.88. The number of piperazine rings is 1. The van der Waals surface area contributed by atoms with E-state index in [2.05, 4.69) is 41.2 Å². The van der Waals surface area contributed by atoms with Crippen LogP contribution in [0.4, 0.5) is 0 Å². The number of nitrogens with one attached hydrogen (secondary N) is 1. The molecule has 1 N–H and O–H groups in total. The molecule has 1 unspecified atom stereocenters. The fraction of sp³-hybridized carbons (Fsp3) is 0.706. The number of likely N-dealkylation sites (N-methyl/N-ethyl adjacent to an activating group) is 1. The number of hydrogen-bond donors (Lipinski definition) is 1. The van der Waals surface area contributed by atoms with Crippen LogP contribution in [0.2, 0.25) is 0 Å². The summed E-state index contributed by atoms with van der Waals surface area (Å²) in [5, 5.41) is 3.01. The van der Waals surface area contributed by atoms with Crippen molar-refractivity contribution in [2.45, 2.75) is 44.7 Å². The van der Waals surface area contributed by atoms with Gasteiger partial charge in [-0.05, 0) is 32.0 Å². The molecule has 3 rings (SSSR count). The van der Waals surface area contributed by atoms with Gasteiger partial charge in [0, 0.05) is 44.6 Å². The quantitative estimate of drug-likeness (QED) is 0.922. The number of carbonyl (C=O) groups is 1. The number of nitrogens with zero attached hydrogens (tertiary/aromatic N) is 2. The Morgan fingerprint density at radius 1 is 1.27 bits per heavy atom. The van der Waals surface area contributed by atoms with Crippen LogP contribution >= 0.6 is 0 Å². The van der Waals surface area contributed by atoms with Crippen LogP contribution in [-0.2, 0) is 17.8 Å². The van der Waals surface area contributed by atoms with Gasteiger partial charge in [0.2, 0.25) is 5.91 Å². The molecule has 5 heteroatoms. The van der Waals surface area contributed by atoms with Crippen molar-refractivity contribution in [3.63, 3.8) is 0 Å². The molecular formula is C17H27N3O2. The van der Waals surface area contributed by atoms with Gasteiger partial charge in [-0.15, -0.1) is 0 Å². The highest BCUT2D eigenvalue weighted by molar-refractivity contribution is 5.76. The van der Waals surface area contributed by atoms with E-state index in [0.29, 0.717) is 6.42 Å². The molecule has 5 nitrogen and oxygen atoms in total. The summed E-state index contributed by atoms with van der Waals surface area (Å²) in [6.07, 6.45) is 3.56. The van der Waals surface area contributed by atoms with Gasteiger partial charge in [0.1, 0.15) is 11.5 Å². The second kappa shape index (κ2) is 6.42. The van der Waals surface area contributed by atoms with E-state index in [1.54, 1.807) is 0 Å². The molecule has 0 bridgehead atoms. The molecule has 2 aliphatic heterocycles. The Kier molecular flexibility index (Phi) is 4.54. The highest BCUT2D eigenvalue weighted by atomic mass is 16.3. The van der Waals surface area contributed by atoms with E-state index in [-0.39, 0.29) is 11.4 Å². The van der Waals surface area contributed by atoms with Crippen molar-refractivity contribution in [2.75, 3.05) is 33.2 Å². The van der Waals surface area contributed by atoms with Crippen molar-refractivity contribution < 1.29 is 9.21 Å². The molecule has 0 aromatic carbocycles. The summed E-state index contributed by atoms with van der Waals surface area (Å²) in [5.74, 6) is 2.31. The lowest BCUT2D eigenvalue weighted by Crippen LogP contribution is -2.60. The first kappa shape index (κ1) is 15.6. The van der Waals surface area contributed by atoms with Gasteiger partial charge in [-0.25, -0.2) is 0 Å². The van der Waals surface area contributed by atoms with Gasteiger partial charge in [-0.2, -0.15) is 0 Å². The van der Waals surface area contributed by atoms with E-state index in [0.717, 1.165) is 63.5 Å². The van der Waals surface area contributed by atoms with Crippen molar-refractivity contribution in [3.05, 3.63) is 23.7 Å². The zero-order valence-corrected chi connectivity index (χ0v) is 13.7. The maximum absolute atomic E-state index is 11.7. The van der Waals surface area contributed by atoms with Gasteiger partial charge in [0.15, 0.2) is 0 Å². The predicted octanol–water partition coefficient (Wildman–Crippen LogP) is 1.63. The van der Waals surface area contributed by atoms with Crippen LogP contribution in [0, 0.1) is 0 Å². The molecule has 122 valence electrons. The van der Waals surface area contributed by atoms with E-state index < -0.39 is 0 Å². The van der Waals surface area contributed by atoms with Crippen LogP contribution in [-0.4, -0.2) is 54.5 Å². The third-order valence-electron chi connectivity index (χ3n) is 5.25. The van der Waals surface area contributed by atoms with Crippen LogP contribution in [0.3, 0.4) is 0 Å². The van der Waals surface area contributed by atoms with Crippen molar-refractivity contribution >= 4 is 5.91 Å². The van der Waals surface area contributed by atoms with E-state index >= 15 is 0 Å². The number of amides is 1.